The normalized spacial score (nSPS) is 18.9. The van der Waals surface area contributed by atoms with Crippen molar-refractivity contribution < 1.29 is 9.84 Å². The number of ether oxygens (including phenoxy) is 1. The van der Waals surface area contributed by atoms with Crippen molar-refractivity contribution in [1.29, 1.82) is 0 Å². The van der Waals surface area contributed by atoms with Crippen molar-refractivity contribution >= 4 is 28.1 Å². The number of rotatable bonds is 4. The maximum absolute atomic E-state index is 10.3. The van der Waals surface area contributed by atoms with E-state index in [2.05, 4.69) is 58.9 Å². The van der Waals surface area contributed by atoms with E-state index in [0.717, 1.165) is 35.3 Å². The summed E-state index contributed by atoms with van der Waals surface area (Å²) in [4.78, 5) is 16.0. The zero-order valence-electron chi connectivity index (χ0n) is 23.5. The van der Waals surface area contributed by atoms with Crippen LogP contribution in [0.3, 0.4) is 0 Å². The van der Waals surface area contributed by atoms with Crippen LogP contribution < -0.4 is 9.64 Å². The van der Waals surface area contributed by atoms with Crippen LogP contribution >= 0.6 is 0 Å². The fourth-order valence-corrected chi connectivity index (χ4v) is 6.38. The molecule has 2 heterocycles. The van der Waals surface area contributed by atoms with Gasteiger partial charge >= 0.3 is 0 Å². The van der Waals surface area contributed by atoms with Crippen molar-refractivity contribution in [3.05, 3.63) is 131 Å². The Morgan fingerprint density at radius 3 is 2.57 bits per heavy atom. The number of pyridine rings is 1. The van der Waals surface area contributed by atoms with E-state index >= 15 is 0 Å². The lowest BCUT2D eigenvalue weighted by atomic mass is 9.77. The number of aromatic hydroxyl groups is 1. The molecule has 0 radical (unpaired) electrons. The molecular weight excluding hydrogens is 520 g/mol. The highest BCUT2D eigenvalue weighted by molar-refractivity contribution is 6.12. The summed E-state index contributed by atoms with van der Waals surface area (Å²) in [7, 11) is 0. The van der Waals surface area contributed by atoms with E-state index in [1.165, 1.54) is 11.1 Å². The maximum Gasteiger partial charge on any atom is 0.219 e. The number of para-hydroxylation sites is 1. The van der Waals surface area contributed by atoms with Gasteiger partial charge in [-0.1, -0.05) is 74.5 Å². The molecule has 5 aromatic rings. The van der Waals surface area contributed by atoms with Crippen LogP contribution in [-0.4, -0.2) is 22.0 Å². The third-order valence-corrected chi connectivity index (χ3v) is 8.52. The fraction of sp³-hybridized carbons (Fsp3) is 0.194. The van der Waals surface area contributed by atoms with Gasteiger partial charge in [0.1, 0.15) is 22.9 Å². The number of phenolic OH excluding ortho intramolecular Hbond substituents is 1. The van der Waals surface area contributed by atoms with E-state index in [-0.39, 0.29) is 23.2 Å². The van der Waals surface area contributed by atoms with Crippen LogP contribution in [0.1, 0.15) is 43.0 Å². The van der Waals surface area contributed by atoms with Crippen LogP contribution in [-0.2, 0) is 6.42 Å². The summed E-state index contributed by atoms with van der Waals surface area (Å²) in [6.07, 6.45) is 2.05. The van der Waals surface area contributed by atoms with Crippen LogP contribution in [0.25, 0.3) is 15.7 Å². The topological polar surface area (TPSA) is 62.3 Å². The Hall–Kier alpha value is -5.15. The summed E-state index contributed by atoms with van der Waals surface area (Å²) in [5, 5.41) is 11.1. The SMILES string of the molecule is [C-]#[N+]c1ccc(N2C(c3cccc(Oc4ccc5cccc(O)c5n4)c3)=N[C@H]3c4ccccc4CCC(C)(C)[C@@H]32)cc1. The molecule has 0 saturated carbocycles. The van der Waals surface area contributed by atoms with Crippen LogP contribution in [0.4, 0.5) is 11.4 Å². The molecule has 42 heavy (non-hydrogen) atoms. The van der Waals surface area contributed by atoms with Gasteiger partial charge < -0.3 is 14.7 Å². The molecule has 4 aromatic carbocycles. The number of amidine groups is 1. The number of fused-ring (bicyclic) bond motifs is 4. The van der Waals surface area contributed by atoms with Gasteiger partial charge in [0.05, 0.1) is 18.7 Å². The molecule has 0 saturated heterocycles. The van der Waals surface area contributed by atoms with E-state index in [1.54, 1.807) is 12.1 Å². The van der Waals surface area contributed by atoms with Gasteiger partial charge in [0.25, 0.3) is 0 Å². The quantitative estimate of drug-likeness (QED) is 0.228. The number of benzene rings is 4. The molecule has 1 N–H and O–H groups in total. The Balaban J connectivity index is 1.33. The highest BCUT2D eigenvalue weighted by atomic mass is 16.5. The van der Waals surface area contributed by atoms with Gasteiger partial charge in [0.15, 0.2) is 5.69 Å². The molecule has 7 rings (SSSR count). The fourth-order valence-electron chi connectivity index (χ4n) is 6.38. The first-order chi connectivity index (χ1) is 20.4. The van der Waals surface area contributed by atoms with Crippen molar-refractivity contribution in [3.8, 4) is 17.4 Å². The average Bonchev–Trinajstić information content (AvgIpc) is 3.38. The Kier molecular flexibility index (Phi) is 6.17. The summed E-state index contributed by atoms with van der Waals surface area (Å²) >= 11 is 0. The summed E-state index contributed by atoms with van der Waals surface area (Å²) in [6.45, 7) is 12.1. The van der Waals surface area contributed by atoms with Crippen molar-refractivity contribution in [2.24, 2.45) is 10.4 Å². The number of hydrogen-bond acceptors (Lipinski definition) is 5. The molecule has 0 fully saturated rings. The van der Waals surface area contributed by atoms with E-state index in [1.807, 2.05) is 60.7 Å². The second kappa shape index (κ2) is 10.0. The van der Waals surface area contributed by atoms with Crippen LogP contribution in [0.15, 0.2) is 108 Å². The van der Waals surface area contributed by atoms with Gasteiger partial charge in [0.2, 0.25) is 5.88 Å². The van der Waals surface area contributed by atoms with Gasteiger partial charge in [-0.25, -0.2) is 9.83 Å². The standard InChI is InChI=1S/C36H30N4O2/c1-36(2)21-20-23-8-4-5-12-29(23)33-34(36)40(27-17-15-26(37-3)16-18-27)35(39-33)25-10-6-11-28(22-25)42-31-19-14-24-9-7-13-30(41)32(24)38-31/h4-19,22,33-34,41H,20-21H2,1-2H3/t33-,34+/m0/s1. The van der Waals surface area contributed by atoms with Gasteiger partial charge in [0, 0.05) is 22.7 Å². The maximum atomic E-state index is 10.3. The largest absolute Gasteiger partial charge is 0.506 e. The Labute approximate surface area is 245 Å². The third kappa shape index (κ3) is 4.44. The molecule has 6 heteroatoms. The monoisotopic (exact) mass is 550 g/mol. The molecule has 1 aromatic heterocycles. The second-order valence-corrected chi connectivity index (χ2v) is 11.7. The minimum absolute atomic E-state index is 0.0380. The van der Waals surface area contributed by atoms with E-state index < -0.39 is 0 Å². The Bertz CT molecular complexity index is 1890. The number of aliphatic imine (C=N–C) groups is 1. The zero-order chi connectivity index (χ0) is 28.8. The molecule has 206 valence electrons. The minimum atomic E-state index is -0.0431. The third-order valence-electron chi connectivity index (χ3n) is 8.52. The van der Waals surface area contributed by atoms with Crippen molar-refractivity contribution in [1.82, 2.24) is 4.98 Å². The second-order valence-electron chi connectivity index (χ2n) is 11.7. The molecule has 0 spiro atoms. The number of aromatic nitrogens is 1. The molecule has 0 amide bonds. The molecule has 2 aliphatic rings. The van der Waals surface area contributed by atoms with Crippen LogP contribution in [0, 0.1) is 12.0 Å². The highest BCUT2D eigenvalue weighted by Crippen LogP contribution is 2.49. The first kappa shape index (κ1) is 25.8. The lowest BCUT2D eigenvalue weighted by molar-refractivity contribution is 0.255. The lowest BCUT2D eigenvalue weighted by Gasteiger charge is -2.40. The molecule has 1 aliphatic heterocycles. The molecule has 2 atom stereocenters. The average molecular weight is 551 g/mol. The summed E-state index contributed by atoms with van der Waals surface area (Å²) in [6, 6.07) is 33.5. The number of anilines is 1. The highest BCUT2D eigenvalue weighted by Gasteiger charge is 2.48. The predicted octanol–water partition coefficient (Wildman–Crippen LogP) is 8.63. The number of phenols is 1. The zero-order valence-corrected chi connectivity index (χ0v) is 23.5. The molecule has 0 unspecified atom stereocenters. The summed E-state index contributed by atoms with van der Waals surface area (Å²) < 4.78 is 6.22. The smallest absolute Gasteiger partial charge is 0.219 e. The van der Waals surface area contributed by atoms with E-state index in [9.17, 15) is 5.11 Å². The summed E-state index contributed by atoms with van der Waals surface area (Å²) in [5.41, 5.74) is 5.65. The number of nitrogens with zero attached hydrogens (tertiary/aromatic N) is 4. The number of aryl methyl sites for hydroxylation is 1. The predicted molar refractivity (Wildman–Crippen MR) is 167 cm³/mol. The molecule has 1 aliphatic carbocycles. The molecular formula is C36H30N4O2. The van der Waals surface area contributed by atoms with Gasteiger partial charge in [-0.05, 0) is 65.8 Å². The first-order valence-corrected chi connectivity index (χ1v) is 14.2. The van der Waals surface area contributed by atoms with Gasteiger partial charge in [-0.15, -0.1) is 0 Å². The van der Waals surface area contributed by atoms with Crippen molar-refractivity contribution in [2.75, 3.05) is 4.90 Å². The van der Waals surface area contributed by atoms with Gasteiger partial charge in [-0.3, -0.25) is 4.99 Å². The van der Waals surface area contributed by atoms with Crippen molar-refractivity contribution in [3.63, 3.8) is 0 Å². The van der Waals surface area contributed by atoms with Crippen LogP contribution in [0.2, 0.25) is 0 Å². The van der Waals surface area contributed by atoms with Crippen LogP contribution in [0.5, 0.6) is 17.4 Å². The van der Waals surface area contributed by atoms with E-state index in [4.69, 9.17) is 16.3 Å². The van der Waals surface area contributed by atoms with Crippen molar-refractivity contribution in [2.45, 2.75) is 38.8 Å². The lowest BCUT2D eigenvalue weighted by Crippen LogP contribution is -2.47. The number of hydrogen-bond donors (Lipinski definition) is 1. The molecule has 0 bridgehead atoms. The Morgan fingerprint density at radius 1 is 0.929 bits per heavy atom. The van der Waals surface area contributed by atoms with E-state index in [0.29, 0.717) is 22.8 Å². The summed E-state index contributed by atoms with van der Waals surface area (Å²) in [5.74, 6) is 2.03. The van der Waals surface area contributed by atoms with Gasteiger partial charge in [-0.2, -0.15) is 0 Å². The minimum Gasteiger partial charge on any atom is -0.506 e. The molecule has 6 nitrogen and oxygen atoms in total. The first-order valence-electron chi connectivity index (χ1n) is 14.2. The Morgan fingerprint density at radius 2 is 1.74 bits per heavy atom.